The minimum atomic E-state index is 0. The van der Waals surface area contributed by atoms with Crippen LogP contribution in [-0.2, 0) is 4.79 Å². The second-order valence-corrected chi connectivity index (χ2v) is 7.05. The van der Waals surface area contributed by atoms with Crippen LogP contribution in [0.1, 0.15) is 53.4 Å². The third-order valence-corrected chi connectivity index (χ3v) is 4.38. The molecule has 1 rings (SSSR count). The average Bonchev–Trinajstić information content (AvgIpc) is 3.00. The minimum absolute atomic E-state index is 0. The molecule has 1 heterocycles. The number of hydrogen-bond acceptors (Lipinski definition) is 3. The molecule has 2 atom stereocenters. The Bertz CT molecular complexity index is 405. The van der Waals surface area contributed by atoms with E-state index in [-0.39, 0.29) is 42.5 Å². The fourth-order valence-electron chi connectivity index (χ4n) is 3.19. The highest BCUT2D eigenvalue weighted by atomic mass is 127. The summed E-state index contributed by atoms with van der Waals surface area (Å²) in [6, 6.07) is 0.264. The molecule has 1 fully saturated rings. The van der Waals surface area contributed by atoms with E-state index in [1.807, 2.05) is 11.8 Å². The number of carbonyl (C=O) groups excluding carboxylic acids is 1. The highest BCUT2D eigenvalue weighted by molar-refractivity contribution is 14.0. The molecule has 0 aromatic heterocycles. The molecular weight excluding hydrogens is 431 g/mol. The van der Waals surface area contributed by atoms with Crippen molar-refractivity contribution in [1.82, 2.24) is 15.5 Å². The molecule has 3 N–H and O–H groups in total. The van der Waals surface area contributed by atoms with Crippen LogP contribution in [0.15, 0.2) is 4.99 Å². The quantitative estimate of drug-likeness (QED) is 0.276. The van der Waals surface area contributed by atoms with Crippen LogP contribution in [0.3, 0.4) is 0 Å². The van der Waals surface area contributed by atoms with Crippen molar-refractivity contribution in [3.8, 4) is 0 Å². The van der Waals surface area contributed by atoms with Crippen LogP contribution in [0.5, 0.6) is 0 Å². The van der Waals surface area contributed by atoms with E-state index in [2.05, 4.69) is 31.4 Å². The lowest BCUT2D eigenvalue weighted by Crippen LogP contribution is -2.45. The van der Waals surface area contributed by atoms with Gasteiger partial charge >= 0.3 is 0 Å². The van der Waals surface area contributed by atoms with Crippen LogP contribution in [0, 0.1) is 11.8 Å². The molecule has 6 nitrogen and oxygen atoms in total. The van der Waals surface area contributed by atoms with Crippen molar-refractivity contribution in [3.05, 3.63) is 0 Å². The zero-order valence-corrected chi connectivity index (χ0v) is 18.6. The highest BCUT2D eigenvalue weighted by Gasteiger charge is 2.25. The number of nitrogens with one attached hydrogen (secondary N) is 2. The Hall–Kier alpha value is -0.570. The number of halogens is 1. The number of amides is 1. The SMILES string of the molecule is CCNC(=NCC(CCO)CC(C)C)NC1CCN(C(=O)CC)C1.I. The van der Waals surface area contributed by atoms with Crippen molar-refractivity contribution in [2.24, 2.45) is 16.8 Å². The molecule has 1 saturated heterocycles. The van der Waals surface area contributed by atoms with E-state index < -0.39 is 0 Å². The topological polar surface area (TPSA) is 77.0 Å². The van der Waals surface area contributed by atoms with E-state index in [0.29, 0.717) is 18.3 Å². The number of aliphatic hydroxyl groups is 1. The molecular formula is C18H37IN4O2. The predicted octanol–water partition coefficient (Wildman–Crippen LogP) is 2.22. The first-order valence-corrected chi connectivity index (χ1v) is 9.43. The van der Waals surface area contributed by atoms with Gasteiger partial charge in [0.1, 0.15) is 0 Å². The Labute approximate surface area is 170 Å². The van der Waals surface area contributed by atoms with Crippen molar-refractivity contribution in [1.29, 1.82) is 0 Å². The smallest absolute Gasteiger partial charge is 0.222 e. The third kappa shape index (κ3) is 9.63. The summed E-state index contributed by atoms with van der Waals surface area (Å²) in [7, 11) is 0. The third-order valence-electron chi connectivity index (χ3n) is 4.38. The first-order valence-electron chi connectivity index (χ1n) is 9.43. The summed E-state index contributed by atoms with van der Waals surface area (Å²) < 4.78 is 0. The van der Waals surface area contributed by atoms with Crippen LogP contribution in [0.4, 0.5) is 0 Å². The van der Waals surface area contributed by atoms with Crippen LogP contribution in [0.2, 0.25) is 0 Å². The van der Waals surface area contributed by atoms with Gasteiger partial charge in [0, 0.05) is 45.2 Å². The maximum atomic E-state index is 11.8. The number of aliphatic imine (C=N–C) groups is 1. The second-order valence-electron chi connectivity index (χ2n) is 7.05. The molecule has 0 aromatic carbocycles. The molecule has 2 unspecified atom stereocenters. The van der Waals surface area contributed by atoms with Gasteiger partial charge in [0.2, 0.25) is 5.91 Å². The summed E-state index contributed by atoms with van der Waals surface area (Å²) in [6.45, 7) is 11.7. The lowest BCUT2D eigenvalue weighted by Gasteiger charge is -2.20. The van der Waals surface area contributed by atoms with Gasteiger partial charge in [0.05, 0.1) is 0 Å². The zero-order valence-electron chi connectivity index (χ0n) is 16.3. The van der Waals surface area contributed by atoms with Crippen LogP contribution >= 0.6 is 24.0 Å². The Morgan fingerprint density at radius 1 is 1.36 bits per heavy atom. The lowest BCUT2D eigenvalue weighted by molar-refractivity contribution is -0.129. The first kappa shape index (κ1) is 24.4. The Kier molecular flexibility index (Phi) is 13.3. The maximum absolute atomic E-state index is 11.8. The van der Waals surface area contributed by atoms with E-state index in [1.165, 1.54) is 0 Å². The van der Waals surface area contributed by atoms with Gasteiger partial charge in [0.15, 0.2) is 5.96 Å². The molecule has 148 valence electrons. The summed E-state index contributed by atoms with van der Waals surface area (Å²) in [4.78, 5) is 18.4. The highest BCUT2D eigenvalue weighted by Crippen LogP contribution is 2.16. The molecule has 0 spiro atoms. The standard InChI is InChI=1S/C18H36N4O2.HI/c1-5-17(24)22-9-7-16(13-22)21-18(19-6-2)20-12-15(8-10-23)11-14(3)4;/h14-16,23H,5-13H2,1-4H3,(H2,19,20,21);1H. The Balaban J connectivity index is 0.00000576. The van der Waals surface area contributed by atoms with Gasteiger partial charge < -0.3 is 20.6 Å². The van der Waals surface area contributed by atoms with Crippen LogP contribution in [-0.4, -0.2) is 60.7 Å². The van der Waals surface area contributed by atoms with E-state index in [9.17, 15) is 9.90 Å². The average molecular weight is 468 g/mol. The van der Waals surface area contributed by atoms with Crippen molar-refractivity contribution >= 4 is 35.8 Å². The number of carbonyl (C=O) groups is 1. The molecule has 7 heteroatoms. The number of guanidine groups is 1. The summed E-state index contributed by atoms with van der Waals surface area (Å²) in [5.41, 5.74) is 0. The first-order chi connectivity index (χ1) is 11.5. The van der Waals surface area contributed by atoms with Crippen molar-refractivity contribution < 1.29 is 9.90 Å². The second kappa shape index (κ2) is 13.6. The van der Waals surface area contributed by atoms with E-state index in [1.54, 1.807) is 0 Å². The number of aliphatic hydroxyl groups excluding tert-OH is 1. The van der Waals surface area contributed by atoms with Gasteiger partial charge in [-0.15, -0.1) is 24.0 Å². The van der Waals surface area contributed by atoms with Gasteiger partial charge in [-0.05, 0) is 38.0 Å². The monoisotopic (exact) mass is 468 g/mol. The zero-order chi connectivity index (χ0) is 17.9. The fourth-order valence-corrected chi connectivity index (χ4v) is 3.19. The number of rotatable bonds is 9. The Morgan fingerprint density at radius 2 is 2.08 bits per heavy atom. The molecule has 0 radical (unpaired) electrons. The molecule has 1 aliphatic heterocycles. The van der Waals surface area contributed by atoms with Crippen LogP contribution < -0.4 is 10.6 Å². The molecule has 1 amide bonds. The number of likely N-dealkylation sites (tertiary alicyclic amines) is 1. The molecule has 0 aromatic rings. The number of hydrogen-bond donors (Lipinski definition) is 3. The van der Waals surface area contributed by atoms with E-state index in [0.717, 1.165) is 51.4 Å². The van der Waals surface area contributed by atoms with Crippen molar-refractivity contribution in [2.45, 2.75) is 59.4 Å². The molecule has 1 aliphatic rings. The summed E-state index contributed by atoms with van der Waals surface area (Å²) in [5.74, 6) is 2.06. The normalized spacial score (nSPS) is 18.9. The summed E-state index contributed by atoms with van der Waals surface area (Å²) >= 11 is 0. The minimum Gasteiger partial charge on any atom is -0.396 e. The molecule has 0 bridgehead atoms. The number of nitrogens with zero attached hydrogens (tertiary/aromatic N) is 2. The Morgan fingerprint density at radius 3 is 2.64 bits per heavy atom. The van der Waals surface area contributed by atoms with Gasteiger partial charge in [-0.1, -0.05) is 20.8 Å². The molecule has 0 aliphatic carbocycles. The summed E-state index contributed by atoms with van der Waals surface area (Å²) in [6.07, 6.45) is 3.40. The maximum Gasteiger partial charge on any atom is 0.222 e. The van der Waals surface area contributed by atoms with Crippen molar-refractivity contribution in [2.75, 3.05) is 32.8 Å². The van der Waals surface area contributed by atoms with Gasteiger partial charge in [-0.2, -0.15) is 0 Å². The molecule has 25 heavy (non-hydrogen) atoms. The fraction of sp³-hybridized carbons (Fsp3) is 0.889. The largest absolute Gasteiger partial charge is 0.396 e. The van der Waals surface area contributed by atoms with Crippen molar-refractivity contribution in [3.63, 3.8) is 0 Å². The van der Waals surface area contributed by atoms with Gasteiger partial charge in [-0.3, -0.25) is 9.79 Å². The van der Waals surface area contributed by atoms with Crippen LogP contribution in [0.25, 0.3) is 0 Å². The van der Waals surface area contributed by atoms with Gasteiger partial charge in [0.25, 0.3) is 0 Å². The lowest BCUT2D eigenvalue weighted by atomic mass is 9.94. The van der Waals surface area contributed by atoms with E-state index >= 15 is 0 Å². The van der Waals surface area contributed by atoms with Gasteiger partial charge in [-0.25, -0.2) is 0 Å². The summed E-state index contributed by atoms with van der Waals surface area (Å²) in [5, 5.41) is 16.0. The molecule has 0 saturated carbocycles. The predicted molar refractivity (Wildman–Crippen MR) is 114 cm³/mol. The van der Waals surface area contributed by atoms with E-state index in [4.69, 9.17) is 4.99 Å².